The van der Waals surface area contributed by atoms with E-state index < -0.39 is 35.8 Å². The van der Waals surface area contributed by atoms with Gasteiger partial charge in [-0.1, -0.05) is 28.9 Å². The Bertz CT molecular complexity index is 1660. The molecule has 0 fully saturated rings. The first kappa shape index (κ1) is 27.1. The predicted octanol–water partition coefficient (Wildman–Crippen LogP) is 6.50. The number of carbonyl (C=O) groups excluding carboxylic acids is 1. The molecule has 0 spiro atoms. The molecule has 5 rings (SSSR count). The van der Waals surface area contributed by atoms with Gasteiger partial charge in [0, 0.05) is 30.4 Å². The predicted molar refractivity (Wildman–Crippen MR) is 131 cm³/mol. The van der Waals surface area contributed by atoms with E-state index in [2.05, 4.69) is 20.3 Å². The SMILES string of the molecule is O=C(c1nnn(Cc2cc(C(F)(F)F)cc(C(F)(F)F)c2)c1-c1ccncc1)c1nccn1-c1ccccc1Cl. The molecule has 0 saturated carbocycles. The van der Waals surface area contributed by atoms with E-state index in [9.17, 15) is 31.1 Å². The molecule has 2 aromatic carbocycles. The van der Waals surface area contributed by atoms with Gasteiger partial charge in [0.15, 0.2) is 11.5 Å². The van der Waals surface area contributed by atoms with Crippen LogP contribution >= 0.6 is 11.6 Å². The standard InChI is InChI=1S/C26H15ClF6N6O/c27-19-3-1-2-4-20(19)38-10-9-35-24(38)23(40)21-22(16-5-7-34-8-6-16)39(37-36-21)14-15-11-17(25(28,29)30)13-18(12-15)26(31,32)33/h1-13H,14H2. The Morgan fingerprint density at radius 2 is 1.52 bits per heavy atom. The molecule has 0 amide bonds. The molecule has 0 saturated heterocycles. The second kappa shape index (κ2) is 10.2. The van der Waals surface area contributed by atoms with E-state index in [4.69, 9.17) is 11.6 Å². The molecule has 5 aromatic rings. The van der Waals surface area contributed by atoms with Gasteiger partial charge in [0.2, 0.25) is 0 Å². The zero-order valence-corrected chi connectivity index (χ0v) is 20.7. The van der Waals surface area contributed by atoms with Crippen molar-refractivity contribution in [3.8, 4) is 16.9 Å². The first-order chi connectivity index (χ1) is 18.9. The summed E-state index contributed by atoms with van der Waals surface area (Å²) in [5, 5.41) is 8.21. The minimum absolute atomic E-state index is 0.0398. The minimum atomic E-state index is -5.02. The fourth-order valence-corrected chi connectivity index (χ4v) is 4.30. The Balaban J connectivity index is 1.62. The van der Waals surface area contributed by atoms with Gasteiger partial charge in [-0.15, -0.1) is 5.10 Å². The number of rotatable bonds is 6. The average molecular weight is 577 g/mol. The van der Waals surface area contributed by atoms with Crippen LogP contribution in [0.2, 0.25) is 5.02 Å². The number of pyridine rings is 1. The van der Waals surface area contributed by atoms with E-state index in [1.165, 1.54) is 41.5 Å². The Hall–Kier alpha value is -4.52. The Labute approximate surface area is 226 Å². The molecule has 0 bridgehead atoms. The van der Waals surface area contributed by atoms with Crippen molar-refractivity contribution in [3.05, 3.63) is 113 Å². The maximum Gasteiger partial charge on any atom is 0.416 e. The molecule has 14 heteroatoms. The Kier molecular flexibility index (Phi) is 6.92. The average Bonchev–Trinajstić information content (AvgIpc) is 3.56. The molecule has 0 atom stereocenters. The van der Waals surface area contributed by atoms with Crippen LogP contribution in [0, 0.1) is 0 Å². The van der Waals surface area contributed by atoms with Crippen molar-refractivity contribution < 1.29 is 31.1 Å². The van der Waals surface area contributed by atoms with Gasteiger partial charge in [-0.2, -0.15) is 26.3 Å². The zero-order valence-electron chi connectivity index (χ0n) is 19.9. The normalized spacial score (nSPS) is 12.1. The number of ketones is 1. The molecule has 3 heterocycles. The highest BCUT2D eigenvalue weighted by Crippen LogP contribution is 2.37. The van der Waals surface area contributed by atoms with Gasteiger partial charge in [-0.25, -0.2) is 9.67 Å². The van der Waals surface area contributed by atoms with Gasteiger partial charge in [0.25, 0.3) is 5.78 Å². The van der Waals surface area contributed by atoms with Crippen molar-refractivity contribution in [2.75, 3.05) is 0 Å². The molecule has 0 radical (unpaired) electrons. The number of para-hydroxylation sites is 1. The van der Waals surface area contributed by atoms with E-state index in [1.807, 2.05) is 0 Å². The van der Waals surface area contributed by atoms with Crippen LogP contribution in [-0.4, -0.2) is 35.3 Å². The van der Waals surface area contributed by atoms with Crippen molar-refractivity contribution in [1.82, 2.24) is 29.5 Å². The highest BCUT2D eigenvalue weighted by atomic mass is 35.5. The molecule has 40 heavy (non-hydrogen) atoms. The first-order valence-electron chi connectivity index (χ1n) is 11.4. The summed E-state index contributed by atoms with van der Waals surface area (Å²) < 4.78 is 83.0. The number of hydrogen-bond donors (Lipinski definition) is 0. The fraction of sp³-hybridized carbons (Fsp3) is 0.115. The molecule has 7 nitrogen and oxygen atoms in total. The van der Waals surface area contributed by atoms with Crippen LogP contribution in [0.3, 0.4) is 0 Å². The number of imidazole rings is 1. The largest absolute Gasteiger partial charge is 0.416 e. The highest BCUT2D eigenvalue weighted by molar-refractivity contribution is 6.32. The summed E-state index contributed by atoms with van der Waals surface area (Å²) in [5.41, 5.74) is -2.67. The molecule has 0 unspecified atom stereocenters. The molecule has 0 N–H and O–H groups in total. The van der Waals surface area contributed by atoms with Gasteiger partial charge < -0.3 is 0 Å². The van der Waals surface area contributed by atoms with Crippen molar-refractivity contribution in [3.63, 3.8) is 0 Å². The molecule has 0 aliphatic heterocycles. The Morgan fingerprint density at radius 3 is 2.15 bits per heavy atom. The summed E-state index contributed by atoms with van der Waals surface area (Å²) in [7, 11) is 0. The number of carbonyl (C=O) groups is 1. The van der Waals surface area contributed by atoms with E-state index >= 15 is 0 Å². The smallest absolute Gasteiger partial charge is 0.295 e. The lowest BCUT2D eigenvalue weighted by Gasteiger charge is -2.15. The summed E-state index contributed by atoms with van der Waals surface area (Å²) in [6, 6.07) is 10.9. The lowest BCUT2D eigenvalue weighted by Crippen LogP contribution is -2.14. The first-order valence-corrected chi connectivity index (χ1v) is 11.8. The van der Waals surface area contributed by atoms with Gasteiger partial charge in [0.05, 0.1) is 28.4 Å². The highest BCUT2D eigenvalue weighted by Gasteiger charge is 2.37. The monoisotopic (exact) mass is 576 g/mol. The Morgan fingerprint density at radius 1 is 0.875 bits per heavy atom. The summed E-state index contributed by atoms with van der Waals surface area (Å²) >= 11 is 6.29. The summed E-state index contributed by atoms with van der Waals surface area (Å²) in [4.78, 5) is 21.7. The van der Waals surface area contributed by atoms with E-state index in [-0.39, 0.29) is 28.8 Å². The molecular weight excluding hydrogens is 562 g/mol. The number of nitrogens with zero attached hydrogens (tertiary/aromatic N) is 6. The third-order valence-corrected chi connectivity index (χ3v) is 6.16. The number of benzene rings is 2. The lowest BCUT2D eigenvalue weighted by molar-refractivity contribution is -0.143. The van der Waals surface area contributed by atoms with Crippen LogP contribution in [0.25, 0.3) is 16.9 Å². The van der Waals surface area contributed by atoms with Crippen molar-refractivity contribution in [2.45, 2.75) is 18.9 Å². The molecule has 204 valence electrons. The lowest BCUT2D eigenvalue weighted by atomic mass is 10.0. The van der Waals surface area contributed by atoms with Gasteiger partial charge in [0.1, 0.15) is 5.69 Å². The van der Waals surface area contributed by atoms with E-state index in [1.54, 1.807) is 24.3 Å². The van der Waals surface area contributed by atoms with Crippen molar-refractivity contribution >= 4 is 17.4 Å². The third kappa shape index (κ3) is 5.32. The number of alkyl halides is 6. The van der Waals surface area contributed by atoms with E-state index in [0.717, 1.165) is 4.68 Å². The number of halogens is 7. The second-order valence-electron chi connectivity index (χ2n) is 8.50. The number of aromatic nitrogens is 6. The third-order valence-electron chi connectivity index (χ3n) is 5.84. The quantitative estimate of drug-likeness (QED) is 0.170. The number of hydrogen-bond acceptors (Lipinski definition) is 5. The summed E-state index contributed by atoms with van der Waals surface area (Å²) in [6.45, 7) is -0.552. The zero-order chi connectivity index (χ0) is 28.7. The van der Waals surface area contributed by atoms with Gasteiger partial charge in [-0.05, 0) is 48.0 Å². The summed E-state index contributed by atoms with van der Waals surface area (Å²) in [5.74, 6) is -0.795. The van der Waals surface area contributed by atoms with Crippen molar-refractivity contribution in [2.24, 2.45) is 0 Å². The minimum Gasteiger partial charge on any atom is -0.295 e. The molecule has 0 aliphatic rings. The van der Waals surface area contributed by atoms with Crippen LogP contribution in [0.5, 0.6) is 0 Å². The van der Waals surface area contributed by atoms with Crippen LogP contribution in [0.1, 0.15) is 33.0 Å². The van der Waals surface area contributed by atoms with Gasteiger partial charge >= 0.3 is 12.4 Å². The molecule has 3 aromatic heterocycles. The maximum atomic E-state index is 13.7. The van der Waals surface area contributed by atoms with Crippen molar-refractivity contribution in [1.29, 1.82) is 0 Å². The maximum absolute atomic E-state index is 13.7. The van der Waals surface area contributed by atoms with Crippen LogP contribution in [0.15, 0.2) is 79.4 Å². The van der Waals surface area contributed by atoms with Crippen LogP contribution in [0.4, 0.5) is 26.3 Å². The van der Waals surface area contributed by atoms with Crippen LogP contribution < -0.4 is 0 Å². The van der Waals surface area contributed by atoms with Crippen LogP contribution in [-0.2, 0) is 18.9 Å². The second-order valence-corrected chi connectivity index (χ2v) is 8.90. The van der Waals surface area contributed by atoms with Gasteiger partial charge in [-0.3, -0.25) is 14.3 Å². The summed E-state index contributed by atoms with van der Waals surface area (Å²) in [6.07, 6.45) is -4.37. The molecule has 0 aliphatic carbocycles. The molecular formula is C26H15ClF6N6O. The topological polar surface area (TPSA) is 78.5 Å². The van der Waals surface area contributed by atoms with E-state index in [0.29, 0.717) is 28.4 Å². The fourth-order valence-electron chi connectivity index (χ4n) is 4.07.